The average Bonchev–Trinajstić information content (AvgIpc) is 3.65. The molecule has 214 valence electrons. The number of carbonyl (C=O) groups is 2. The number of likely N-dealkylation sites (N-methyl/N-ethyl adjacent to an activating group) is 1. The quantitative estimate of drug-likeness (QED) is 0.376. The van der Waals surface area contributed by atoms with Crippen LogP contribution in [0.1, 0.15) is 32.7 Å². The number of rotatable bonds is 6. The number of aromatic amines is 1. The molecule has 6 rings (SSSR count). The van der Waals surface area contributed by atoms with Crippen molar-refractivity contribution in [3.05, 3.63) is 75.6 Å². The molecule has 0 aliphatic carbocycles. The number of H-pyrrole nitrogens is 1. The number of carbonyl (C=O) groups excluding carboxylic acids is 2. The number of nitrogens with one attached hydrogen (secondary N) is 2. The van der Waals surface area contributed by atoms with E-state index in [1.54, 1.807) is 41.4 Å². The topological polar surface area (TPSA) is 126 Å². The Morgan fingerprint density at radius 3 is 2.66 bits per heavy atom. The van der Waals surface area contributed by atoms with E-state index in [4.69, 9.17) is 11.6 Å². The second-order valence-corrected chi connectivity index (χ2v) is 12.7. The highest BCUT2D eigenvalue weighted by Crippen LogP contribution is 2.40. The van der Waals surface area contributed by atoms with Gasteiger partial charge in [-0.15, -0.1) is 0 Å². The summed E-state index contributed by atoms with van der Waals surface area (Å²) in [6.45, 7) is 2.87. The number of aliphatic hydroxyl groups is 1. The first-order valence-corrected chi connectivity index (χ1v) is 15.3. The van der Waals surface area contributed by atoms with Crippen molar-refractivity contribution in [2.75, 3.05) is 56.0 Å². The zero-order valence-electron chi connectivity index (χ0n) is 22.5. The molecular formula is C29H30ClN5O5S. The second kappa shape index (κ2) is 10.6. The number of sulfonamides is 1. The molecule has 0 spiro atoms. The van der Waals surface area contributed by atoms with Gasteiger partial charge in [0, 0.05) is 67.5 Å². The van der Waals surface area contributed by atoms with Gasteiger partial charge in [0.15, 0.2) is 0 Å². The number of fused-ring (bicyclic) bond motifs is 2. The van der Waals surface area contributed by atoms with Crippen LogP contribution in [-0.2, 0) is 27.7 Å². The molecular weight excluding hydrogens is 566 g/mol. The van der Waals surface area contributed by atoms with Crippen molar-refractivity contribution < 1.29 is 23.1 Å². The van der Waals surface area contributed by atoms with Gasteiger partial charge in [-0.2, -0.15) is 0 Å². The molecule has 0 bridgehead atoms. The third-order valence-corrected chi connectivity index (χ3v) is 10.1. The summed E-state index contributed by atoms with van der Waals surface area (Å²) in [5.41, 5.74) is 4.14. The lowest BCUT2D eigenvalue weighted by molar-refractivity contribution is -0.110. The van der Waals surface area contributed by atoms with E-state index in [0.29, 0.717) is 58.3 Å². The van der Waals surface area contributed by atoms with Crippen molar-refractivity contribution >= 4 is 56.5 Å². The summed E-state index contributed by atoms with van der Waals surface area (Å²) in [5.74, 6) is -0.512. The standard InChI is InChI=1S/C29H30ClN5O5S/c1-33-10-12-34(13-11-33)29(38)23-17-31-26(19(23)8-14-36)16-22-21-15-18(5-6-25(21)32-28(22)37)41(39,40)35-9-7-20-24(30)3-2-4-27(20)35/h2-6,15-17,31,36H,7-14H2,1H3,(H,32,37). The van der Waals surface area contributed by atoms with Gasteiger partial charge in [-0.05, 0) is 67.4 Å². The van der Waals surface area contributed by atoms with Crippen LogP contribution in [0.2, 0.25) is 5.02 Å². The first-order valence-electron chi connectivity index (χ1n) is 13.5. The van der Waals surface area contributed by atoms with Crippen LogP contribution in [0.4, 0.5) is 11.4 Å². The Balaban J connectivity index is 1.35. The third kappa shape index (κ3) is 4.82. The SMILES string of the molecule is CN1CCN(C(=O)c2c[nH]c(C=C3C(=O)Nc4ccc(S(=O)(=O)N5CCc6c(Cl)cccc65)cc43)c2CCO)CC1. The van der Waals surface area contributed by atoms with Crippen LogP contribution < -0.4 is 9.62 Å². The normalized spacial score (nSPS) is 18.1. The number of aliphatic hydroxyl groups excluding tert-OH is 1. The van der Waals surface area contributed by atoms with Crippen molar-refractivity contribution in [2.45, 2.75) is 17.7 Å². The van der Waals surface area contributed by atoms with Crippen LogP contribution in [0.5, 0.6) is 0 Å². The first-order chi connectivity index (χ1) is 19.7. The smallest absolute Gasteiger partial charge is 0.264 e. The van der Waals surface area contributed by atoms with Gasteiger partial charge in [0.1, 0.15) is 0 Å². The van der Waals surface area contributed by atoms with E-state index in [-0.39, 0.29) is 41.9 Å². The summed E-state index contributed by atoms with van der Waals surface area (Å²) in [7, 11) is -1.92. The molecule has 41 heavy (non-hydrogen) atoms. The summed E-state index contributed by atoms with van der Waals surface area (Å²) < 4.78 is 28.8. The number of nitrogens with zero attached hydrogens (tertiary/aromatic N) is 3. The molecule has 12 heteroatoms. The lowest BCUT2D eigenvalue weighted by Crippen LogP contribution is -2.47. The maximum Gasteiger partial charge on any atom is 0.264 e. The summed E-state index contributed by atoms with van der Waals surface area (Å²) in [5, 5.41) is 13.1. The molecule has 2 amide bonds. The zero-order valence-corrected chi connectivity index (χ0v) is 24.1. The Hall–Kier alpha value is -3.64. The fourth-order valence-corrected chi connectivity index (χ4v) is 7.49. The molecule has 3 aliphatic heterocycles. The van der Waals surface area contributed by atoms with Crippen LogP contribution in [0.15, 0.2) is 47.5 Å². The number of hydrogen-bond donors (Lipinski definition) is 3. The second-order valence-electron chi connectivity index (χ2n) is 10.4. The number of piperazine rings is 1. The van der Waals surface area contributed by atoms with Gasteiger partial charge >= 0.3 is 0 Å². The number of anilines is 2. The van der Waals surface area contributed by atoms with E-state index in [2.05, 4.69) is 15.2 Å². The summed E-state index contributed by atoms with van der Waals surface area (Å²) in [4.78, 5) is 33.5. The largest absolute Gasteiger partial charge is 0.396 e. The van der Waals surface area contributed by atoms with Crippen molar-refractivity contribution in [3.63, 3.8) is 0 Å². The van der Waals surface area contributed by atoms with Gasteiger partial charge in [-0.1, -0.05) is 17.7 Å². The molecule has 0 saturated carbocycles. The minimum atomic E-state index is -3.93. The minimum absolute atomic E-state index is 0.0551. The van der Waals surface area contributed by atoms with Crippen LogP contribution in [0, 0.1) is 0 Å². The van der Waals surface area contributed by atoms with Gasteiger partial charge in [0.05, 0.1) is 21.7 Å². The molecule has 1 fully saturated rings. The monoisotopic (exact) mass is 595 g/mol. The summed E-state index contributed by atoms with van der Waals surface area (Å²) in [6.07, 6.45) is 3.97. The van der Waals surface area contributed by atoms with Crippen LogP contribution in [0.3, 0.4) is 0 Å². The van der Waals surface area contributed by atoms with E-state index >= 15 is 0 Å². The summed E-state index contributed by atoms with van der Waals surface area (Å²) in [6, 6.07) is 9.78. The van der Waals surface area contributed by atoms with E-state index in [9.17, 15) is 23.1 Å². The van der Waals surface area contributed by atoms with Crippen LogP contribution in [0.25, 0.3) is 11.6 Å². The maximum atomic E-state index is 13.7. The average molecular weight is 596 g/mol. The fourth-order valence-electron chi connectivity index (χ4n) is 5.70. The molecule has 3 aromatic rings. The fraction of sp³-hybridized carbons (Fsp3) is 0.310. The highest BCUT2D eigenvalue weighted by molar-refractivity contribution is 7.92. The highest BCUT2D eigenvalue weighted by atomic mass is 35.5. The van der Waals surface area contributed by atoms with Gasteiger partial charge in [-0.3, -0.25) is 13.9 Å². The predicted octanol–water partition coefficient (Wildman–Crippen LogP) is 2.83. The van der Waals surface area contributed by atoms with Gasteiger partial charge < -0.3 is 25.2 Å². The number of benzene rings is 2. The van der Waals surface area contributed by atoms with E-state index in [1.165, 1.54) is 16.4 Å². The van der Waals surface area contributed by atoms with Gasteiger partial charge in [-0.25, -0.2) is 8.42 Å². The van der Waals surface area contributed by atoms with E-state index in [0.717, 1.165) is 18.7 Å². The molecule has 0 atom stereocenters. The molecule has 2 aromatic carbocycles. The van der Waals surface area contributed by atoms with Crippen molar-refractivity contribution in [3.8, 4) is 0 Å². The Bertz CT molecular complexity index is 1690. The predicted molar refractivity (Wildman–Crippen MR) is 158 cm³/mol. The van der Waals surface area contributed by atoms with Crippen LogP contribution >= 0.6 is 11.6 Å². The molecule has 10 nitrogen and oxygen atoms in total. The highest BCUT2D eigenvalue weighted by Gasteiger charge is 2.34. The Kier molecular flexibility index (Phi) is 7.14. The molecule has 0 unspecified atom stereocenters. The zero-order chi connectivity index (χ0) is 28.9. The Morgan fingerprint density at radius 1 is 1.12 bits per heavy atom. The van der Waals surface area contributed by atoms with Gasteiger partial charge in [0.25, 0.3) is 21.8 Å². The van der Waals surface area contributed by atoms with E-state index in [1.807, 2.05) is 7.05 Å². The molecule has 1 saturated heterocycles. The van der Waals surface area contributed by atoms with Crippen LogP contribution in [-0.4, -0.2) is 86.5 Å². The first kappa shape index (κ1) is 27.5. The third-order valence-electron chi connectivity index (χ3n) is 7.98. The van der Waals surface area contributed by atoms with E-state index < -0.39 is 10.0 Å². The molecule has 4 heterocycles. The van der Waals surface area contributed by atoms with Crippen molar-refractivity contribution in [1.29, 1.82) is 0 Å². The maximum absolute atomic E-state index is 13.7. The molecule has 3 N–H and O–H groups in total. The Labute approximate surface area is 243 Å². The number of aromatic nitrogens is 1. The number of hydrogen-bond acceptors (Lipinski definition) is 6. The minimum Gasteiger partial charge on any atom is -0.396 e. The van der Waals surface area contributed by atoms with Crippen molar-refractivity contribution in [2.24, 2.45) is 0 Å². The Morgan fingerprint density at radius 2 is 1.90 bits per heavy atom. The number of amides is 2. The van der Waals surface area contributed by atoms with Gasteiger partial charge in [0.2, 0.25) is 0 Å². The lowest BCUT2D eigenvalue weighted by Gasteiger charge is -2.32. The van der Waals surface area contributed by atoms with Crippen molar-refractivity contribution in [1.82, 2.24) is 14.8 Å². The lowest BCUT2D eigenvalue weighted by atomic mass is 10.0. The number of halogens is 1. The molecule has 0 radical (unpaired) electrons. The summed E-state index contributed by atoms with van der Waals surface area (Å²) >= 11 is 6.31. The molecule has 3 aliphatic rings. The molecule has 1 aromatic heterocycles.